The maximum Gasteiger partial charge on any atom is 0.435 e. The second kappa shape index (κ2) is 4.80. The monoisotopic (exact) mass is 287 g/mol. The summed E-state index contributed by atoms with van der Waals surface area (Å²) in [7, 11) is 1.48. The second-order valence-electron chi connectivity index (χ2n) is 4.13. The maximum absolute atomic E-state index is 12.6. The van der Waals surface area contributed by atoms with Gasteiger partial charge in [-0.25, -0.2) is 0 Å². The van der Waals surface area contributed by atoms with Crippen LogP contribution in [0, 0.1) is 6.92 Å². The van der Waals surface area contributed by atoms with Crippen molar-refractivity contribution in [2.75, 3.05) is 5.73 Å². The van der Waals surface area contributed by atoms with Crippen molar-refractivity contribution in [3.8, 4) is 0 Å². The van der Waals surface area contributed by atoms with Crippen molar-refractivity contribution in [2.24, 2.45) is 7.05 Å². The fraction of sp³-hybridized carbons (Fsp3) is 0.250. The van der Waals surface area contributed by atoms with Crippen molar-refractivity contribution in [1.29, 1.82) is 0 Å². The zero-order valence-electron chi connectivity index (χ0n) is 10.3. The van der Waals surface area contributed by atoms with Gasteiger partial charge < -0.3 is 5.73 Å². The highest BCUT2D eigenvalue weighted by molar-refractivity contribution is 7.99. The van der Waals surface area contributed by atoms with E-state index in [1.807, 2.05) is 19.1 Å². The molecule has 1 aromatic heterocycles. The first kappa shape index (κ1) is 13.8. The predicted molar refractivity (Wildman–Crippen MR) is 67.9 cm³/mol. The van der Waals surface area contributed by atoms with Crippen LogP contribution in [0.15, 0.2) is 34.2 Å². The molecule has 7 heteroatoms. The number of nitrogens with zero attached hydrogens (tertiary/aromatic N) is 2. The quantitative estimate of drug-likeness (QED) is 0.860. The van der Waals surface area contributed by atoms with Gasteiger partial charge in [-0.3, -0.25) is 4.68 Å². The molecule has 0 amide bonds. The van der Waals surface area contributed by atoms with E-state index < -0.39 is 11.9 Å². The van der Waals surface area contributed by atoms with Gasteiger partial charge in [0, 0.05) is 23.7 Å². The lowest BCUT2D eigenvalue weighted by Crippen LogP contribution is -2.06. The highest BCUT2D eigenvalue weighted by atomic mass is 32.2. The molecule has 0 fully saturated rings. The molecule has 0 radical (unpaired) electrons. The van der Waals surface area contributed by atoms with Crippen molar-refractivity contribution < 1.29 is 13.2 Å². The zero-order chi connectivity index (χ0) is 14.2. The molecular weight excluding hydrogens is 275 g/mol. The summed E-state index contributed by atoms with van der Waals surface area (Å²) in [5.74, 6) is 0. The standard InChI is InChI=1S/C12H12F3N3S/c1-7-3-4-8(16)9(5-7)19-11-6-10(12(13,14)15)17-18(11)2/h3-6H,16H2,1-2H3. The number of halogens is 3. The van der Waals surface area contributed by atoms with Crippen molar-refractivity contribution >= 4 is 17.4 Å². The number of alkyl halides is 3. The first-order valence-corrected chi connectivity index (χ1v) is 6.24. The van der Waals surface area contributed by atoms with Crippen molar-refractivity contribution in [2.45, 2.75) is 23.0 Å². The molecule has 102 valence electrons. The fourth-order valence-corrected chi connectivity index (χ4v) is 2.53. The highest BCUT2D eigenvalue weighted by Gasteiger charge is 2.34. The number of benzene rings is 1. The summed E-state index contributed by atoms with van der Waals surface area (Å²) >= 11 is 1.17. The molecule has 3 nitrogen and oxygen atoms in total. The Morgan fingerprint density at radius 1 is 1.26 bits per heavy atom. The number of nitrogen functional groups attached to an aromatic ring is 1. The number of nitrogens with two attached hydrogens (primary N) is 1. The second-order valence-corrected chi connectivity index (χ2v) is 5.19. The Kier molecular flexibility index (Phi) is 3.49. The van der Waals surface area contributed by atoms with Crippen molar-refractivity contribution in [3.63, 3.8) is 0 Å². The Labute approximate surface area is 112 Å². The predicted octanol–water partition coefficient (Wildman–Crippen LogP) is 3.48. The summed E-state index contributed by atoms with van der Waals surface area (Å²) in [5.41, 5.74) is 6.44. The maximum atomic E-state index is 12.6. The van der Waals surface area contributed by atoms with Gasteiger partial charge in [0.25, 0.3) is 0 Å². The minimum absolute atomic E-state index is 0.393. The minimum atomic E-state index is -4.44. The Bertz CT molecular complexity index is 605. The van der Waals surface area contributed by atoms with Crippen molar-refractivity contribution in [3.05, 3.63) is 35.5 Å². The first-order valence-electron chi connectivity index (χ1n) is 5.42. The molecule has 0 aliphatic heterocycles. The van der Waals surface area contributed by atoms with Crippen LogP contribution in [0.2, 0.25) is 0 Å². The van der Waals surface area contributed by atoms with Gasteiger partial charge >= 0.3 is 6.18 Å². The molecule has 1 heterocycles. The van der Waals surface area contributed by atoms with Gasteiger partial charge in [0.15, 0.2) is 5.69 Å². The molecule has 1 aromatic carbocycles. The van der Waals surface area contributed by atoms with Crippen LogP contribution in [0.1, 0.15) is 11.3 Å². The summed E-state index contributed by atoms with van der Waals surface area (Å²) < 4.78 is 38.9. The molecule has 0 atom stereocenters. The molecule has 0 spiro atoms. The van der Waals surface area contributed by atoms with E-state index in [9.17, 15) is 13.2 Å². The lowest BCUT2D eigenvalue weighted by molar-refractivity contribution is -0.141. The average molecular weight is 287 g/mol. The van der Waals surface area contributed by atoms with Gasteiger partial charge in [-0.1, -0.05) is 17.8 Å². The third kappa shape index (κ3) is 3.04. The van der Waals surface area contributed by atoms with Gasteiger partial charge in [-0.05, 0) is 24.6 Å². The van der Waals surface area contributed by atoms with Crippen molar-refractivity contribution in [1.82, 2.24) is 9.78 Å². The first-order chi connectivity index (χ1) is 8.77. The van der Waals surface area contributed by atoms with E-state index in [2.05, 4.69) is 5.10 Å². The van der Waals surface area contributed by atoms with E-state index in [1.165, 1.54) is 23.5 Å². The van der Waals surface area contributed by atoms with Crippen LogP contribution >= 0.6 is 11.8 Å². The SMILES string of the molecule is Cc1ccc(N)c(Sc2cc(C(F)(F)F)nn2C)c1. The van der Waals surface area contributed by atoms with Gasteiger partial charge in [0.1, 0.15) is 0 Å². The van der Waals surface area contributed by atoms with Crippen LogP contribution < -0.4 is 5.73 Å². The third-order valence-corrected chi connectivity index (χ3v) is 3.68. The van der Waals surface area contributed by atoms with Crippen LogP contribution in [0.3, 0.4) is 0 Å². The molecule has 0 aliphatic carbocycles. The molecule has 19 heavy (non-hydrogen) atoms. The molecule has 2 N–H and O–H groups in total. The van der Waals surface area contributed by atoms with Gasteiger partial charge in [0.2, 0.25) is 0 Å². The Hall–Kier alpha value is -1.63. The van der Waals surface area contributed by atoms with E-state index in [4.69, 9.17) is 5.73 Å². The van der Waals surface area contributed by atoms with Gasteiger partial charge in [-0.15, -0.1) is 0 Å². The summed E-state index contributed by atoms with van der Waals surface area (Å²) in [6, 6.07) is 6.44. The fourth-order valence-electron chi connectivity index (χ4n) is 1.53. The molecular formula is C12H12F3N3S. The van der Waals surface area contributed by atoms with E-state index >= 15 is 0 Å². The van der Waals surface area contributed by atoms with E-state index in [0.717, 1.165) is 16.5 Å². The van der Waals surface area contributed by atoms with Crippen LogP contribution in [0.4, 0.5) is 18.9 Å². The highest BCUT2D eigenvalue weighted by Crippen LogP contribution is 2.36. The molecule has 0 saturated carbocycles. The summed E-state index contributed by atoms with van der Waals surface area (Å²) in [4.78, 5) is 0.719. The Morgan fingerprint density at radius 2 is 1.95 bits per heavy atom. The van der Waals surface area contributed by atoms with Crippen LogP contribution in [0.25, 0.3) is 0 Å². The number of rotatable bonds is 2. The van der Waals surface area contributed by atoms with E-state index in [1.54, 1.807) is 6.07 Å². The minimum Gasteiger partial charge on any atom is -0.398 e. The van der Waals surface area contributed by atoms with Crippen LogP contribution in [-0.4, -0.2) is 9.78 Å². The van der Waals surface area contributed by atoms with Gasteiger partial charge in [-0.2, -0.15) is 18.3 Å². The smallest absolute Gasteiger partial charge is 0.398 e. The lowest BCUT2D eigenvalue weighted by atomic mass is 10.2. The zero-order valence-corrected chi connectivity index (χ0v) is 11.1. The van der Waals surface area contributed by atoms with E-state index in [-0.39, 0.29) is 0 Å². The molecule has 2 aromatic rings. The largest absolute Gasteiger partial charge is 0.435 e. The number of aromatic nitrogens is 2. The van der Waals surface area contributed by atoms with Crippen LogP contribution in [-0.2, 0) is 13.2 Å². The molecule has 0 bridgehead atoms. The topological polar surface area (TPSA) is 43.8 Å². The number of hydrogen-bond acceptors (Lipinski definition) is 3. The lowest BCUT2D eigenvalue weighted by Gasteiger charge is -2.06. The number of anilines is 1. The third-order valence-electron chi connectivity index (χ3n) is 2.51. The average Bonchev–Trinajstić information content (AvgIpc) is 2.65. The number of aryl methyl sites for hydroxylation is 2. The van der Waals surface area contributed by atoms with Gasteiger partial charge in [0.05, 0.1) is 5.03 Å². The summed E-state index contributed by atoms with van der Waals surface area (Å²) in [5, 5.41) is 3.85. The molecule has 0 aliphatic rings. The Balaban J connectivity index is 2.34. The molecule has 0 saturated heterocycles. The molecule has 0 unspecified atom stereocenters. The van der Waals surface area contributed by atoms with E-state index in [0.29, 0.717) is 10.7 Å². The van der Waals surface area contributed by atoms with Crippen LogP contribution in [0.5, 0.6) is 0 Å². The summed E-state index contributed by atoms with van der Waals surface area (Å²) in [6.45, 7) is 1.90. The summed E-state index contributed by atoms with van der Waals surface area (Å²) in [6.07, 6.45) is -4.44. The molecule has 2 rings (SSSR count). The number of hydrogen-bond donors (Lipinski definition) is 1. The normalized spacial score (nSPS) is 11.8. The Morgan fingerprint density at radius 3 is 2.53 bits per heavy atom.